The van der Waals surface area contributed by atoms with Crippen LogP contribution in [0.4, 0.5) is 11.4 Å². The van der Waals surface area contributed by atoms with Gasteiger partial charge < -0.3 is 10.2 Å². The molecule has 2 aliphatic rings. The molecule has 4 rings (SSSR count). The van der Waals surface area contributed by atoms with E-state index in [1.54, 1.807) is 39.5 Å². The maximum Gasteiger partial charge on any atom is 0.255 e. The van der Waals surface area contributed by atoms with Crippen LogP contribution in [0.3, 0.4) is 0 Å². The van der Waals surface area contributed by atoms with Crippen LogP contribution < -0.4 is 10.2 Å². The van der Waals surface area contributed by atoms with Crippen molar-refractivity contribution >= 4 is 33.2 Å². The molecule has 2 fully saturated rings. The zero-order valence-corrected chi connectivity index (χ0v) is 19.3. The van der Waals surface area contributed by atoms with E-state index in [0.717, 1.165) is 12.8 Å². The van der Waals surface area contributed by atoms with Crippen molar-refractivity contribution in [3.8, 4) is 0 Å². The molecule has 0 bridgehead atoms. The molecule has 0 saturated carbocycles. The number of anilines is 2. The van der Waals surface area contributed by atoms with Gasteiger partial charge in [-0.2, -0.15) is 4.31 Å². The van der Waals surface area contributed by atoms with Crippen molar-refractivity contribution in [2.24, 2.45) is 11.8 Å². The first kappa shape index (κ1) is 22.5. The van der Waals surface area contributed by atoms with Gasteiger partial charge in [0.15, 0.2) is 0 Å². The summed E-state index contributed by atoms with van der Waals surface area (Å²) < 4.78 is 27.6. The number of carbonyl (C=O) groups is 2. The van der Waals surface area contributed by atoms with Crippen molar-refractivity contribution in [3.05, 3.63) is 54.1 Å². The molecule has 2 aliphatic heterocycles. The predicted octanol–water partition coefficient (Wildman–Crippen LogP) is 3.73. The molecular weight excluding hydrogens is 426 g/mol. The average Bonchev–Trinajstić information content (AvgIpc) is 3.19. The summed E-state index contributed by atoms with van der Waals surface area (Å²) in [5, 5.41) is 2.81. The van der Waals surface area contributed by atoms with E-state index in [1.165, 1.54) is 12.1 Å². The van der Waals surface area contributed by atoms with Crippen LogP contribution in [-0.4, -0.2) is 44.2 Å². The Kier molecular flexibility index (Phi) is 6.35. The highest BCUT2D eigenvalue weighted by molar-refractivity contribution is 7.89. The molecule has 0 aliphatic carbocycles. The van der Waals surface area contributed by atoms with E-state index in [2.05, 4.69) is 19.2 Å². The Morgan fingerprint density at radius 3 is 2.34 bits per heavy atom. The molecule has 8 heteroatoms. The summed E-state index contributed by atoms with van der Waals surface area (Å²) in [5.74, 6) is 0.419. The third-order valence-electron chi connectivity index (χ3n) is 6.08. The molecule has 1 N–H and O–H groups in total. The summed E-state index contributed by atoms with van der Waals surface area (Å²) in [6, 6.07) is 13.3. The number of nitrogens with zero attached hydrogens (tertiary/aromatic N) is 2. The second-order valence-electron chi connectivity index (χ2n) is 8.95. The number of rotatable bonds is 5. The number of benzene rings is 2. The van der Waals surface area contributed by atoms with E-state index in [-0.39, 0.29) is 16.7 Å². The Morgan fingerprint density at radius 2 is 1.72 bits per heavy atom. The number of hydrogen-bond donors (Lipinski definition) is 1. The van der Waals surface area contributed by atoms with Crippen LogP contribution in [0.5, 0.6) is 0 Å². The zero-order chi connectivity index (χ0) is 22.9. The number of nitrogens with one attached hydrogen (secondary N) is 1. The third kappa shape index (κ3) is 4.71. The molecule has 2 heterocycles. The van der Waals surface area contributed by atoms with Crippen molar-refractivity contribution < 1.29 is 18.0 Å². The highest BCUT2D eigenvalue weighted by Crippen LogP contribution is 2.27. The van der Waals surface area contributed by atoms with Crippen molar-refractivity contribution in [1.29, 1.82) is 0 Å². The first-order valence-corrected chi connectivity index (χ1v) is 12.5. The summed E-state index contributed by atoms with van der Waals surface area (Å²) in [5.41, 5.74) is 1.67. The van der Waals surface area contributed by atoms with Crippen LogP contribution in [0.1, 0.15) is 43.5 Å². The molecule has 0 aromatic heterocycles. The van der Waals surface area contributed by atoms with E-state index < -0.39 is 10.0 Å². The Hall–Kier alpha value is -2.71. The summed E-state index contributed by atoms with van der Waals surface area (Å²) in [6.07, 6.45) is 2.38. The van der Waals surface area contributed by atoms with Gasteiger partial charge in [0, 0.05) is 43.0 Å². The van der Waals surface area contributed by atoms with Crippen LogP contribution in [0.15, 0.2) is 53.4 Å². The number of carbonyl (C=O) groups excluding carboxylic acids is 2. The fourth-order valence-corrected chi connectivity index (χ4v) is 6.28. The lowest BCUT2D eigenvalue weighted by atomic mass is 9.94. The molecule has 2 atom stereocenters. The normalized spacial score (nSPS) is 22.2. The number of sulfonamides is 1. The molecule has 0 radical (unpaired) electrons. The quantitative estimate of drug-likeness (QED) is 0.744. The standard InChI is InChI=1S/C24H29N3O4S/c1-17-13-18(2)16-26(15-17)32(30,31)22-10-8-20(9-11-22)25-24(29)19-5-3-6-21(14-19)27-12-4-7-23(27)28/h3,5-6,8-11,14,17-18H,4,7,12-13,15-16H2,1-2H3,(H,25,29)/t17-,18-/m0/s1. The number of amides is 2. The highest BCUT2D eigenvalue weighted by atomic mass is 32.2. The van der Waals surface area contributed by atoms with Gasteiger partial charge in [-0.15, -0.1) is 0 Å². The van der Waals surface area contributed by atoms with E-state index >= 15 is 0 Å². The van der Waals surface area contributed by atoms with Gasteiger partial charge in [-0.1, -0.05) is 19.9 Å². The second kappa shape index (κ2) is 9.03. The molecule has 170 valence electrons. The Labute approximate surface area is 189 Å². The van der Waals surface area contributed by atoms with Gasteiger partial charge in [-0.3, -0.25) is 9.59 Å². The second-order valence-corrected chi connectivity index (χ2v) is 10.9. The average molecular weight is 456 g/mol. The molecule has 0 spiro atoms. The Balaban J connectivity index is 1.46. The molecule has 2 aromatic carbocycles. The lowest BCUT2D eigenvalue weighted by Gasteiger charge is -2.34. The zero-order valence-electron chi connectivity index (χ0n) is 18.5. The predicted molar refractivity (Wildman–Crippen MR) is 124 cm³/mol. The Bertz CT molecular complexity index is 1100. The van der Waals surface area contributed by atoms with Crippen LogP contribution in [0.25, 0.3) is 0 Å². The van der Waals surface area contributed by atoms with E-state index in [9.17, 15) is 18.0 Å². The summed E-state index contributed by atoms with van der Waals surface area (Å²) in [7, 11) is -3.56. The van der Waals surface area contributed by atoms with E-state index in [0.29, 0.717) is 54.8 Å². The molecule has 2 saturated heterocycles. The SMILES string of the molecule is C[C@H]1C[C@H](C)CN(S(=O)(=O)c2ccc(NC(=O)c3cccc(N4CCCC4=O)c3)cc2)C1. The first-order valence-electron chi connectivity index (χ1n) is 11.1. The molecular formula is C24H29N3O4S. The Morgan fingerprint density at radius 1 is 1.03 bits per heavy atom. The van der Waals surface area contributed by atoms with Crippen molar-refractivity contribution in [2.45, 2.75) is 38.0 Å². The summed E-state index contributed by atoms with van der Waals surface area (Å²) >= 11 is 0. The lowest BCUT2D eigenvalue weighted by molar-refractivity contribution is -0.117. The minimum absolute atomic E-state index is 0.0665. The van der Waals surface area contributed by atoms with Gasteiger partial charge in [0.05, 0.1) is 4.90 Å². The smallest absolute Gasteiger partial charge is 0.255 e. The van der Waals surface area contributed by atoms with Crippen LogP contribution >= 0.6 is 0 Å². The maximum atomic E-state index is 13.0. The van der Waals surface area contributed by atoms with Crippen LogP contribution in [-0.2, 0) is 14.8 Å². The summed E-state index contributed by atoms with van der Waals surface area (Å²) in [6.45, 7) is 5.87. The van der Waals surface area contributed by atoms with Crippen molar-refractivity contribution in [3.63, 3.8) is 0 Å². The van der Waals surface area contributed by atoms with Crippen LogP contribution in [0, 0.1) is 11.8 Å². The van der Waals surface area contributed by atoms with Gasteiger partial charge in [0.25, 0.3) is 5.91 Å². The van der Waals surface area contributed by atoms with Crippen molar-refractivity contribution in [1.82, 2.24) is 4.31 Å². The summed E-state index contributed by atoms with van der Waals surface area (Å²) in [4.78, 5) is 26.6. The van der Waals surface area contributed by atoms with Gasteiger partial charge in [0.2, 0.25) is 15.9 Å². The topological polar surface area (TPSA) is 86.8 Å². The van der Waals surface area contributed by atoms with Gasteiger partial charge in [-0.25, -0.2) is 8.42 Å². The molecule has 2 aromatic rings. The molecule has 2 amide bonds. The largest absolute Gasteiger partial charge is 0.322 e. The van der Waals surface area contributed by atoms with Crippen molar-refractivity contribution in [2.75, 3.05) is 29.9 Å². The molecule has 0 unspecified atom stereocenters. The fraction of sp³-hybridized carbons (Fsp3) is 0.417. The monoisotopic (exact) mass is 455 g/mol. The van der Waals surface area contributed by atoms with E-state index in [1.807, 2.05) is 6.07 Å². The third-order valence-corrected chi connectivity index (χ3v) is 7.92. The number of piperidine rings is 1. The molecule has 32 heavy (non-hydrogen) atoms. The van der Waals surface area contributed by atoms with Crippen LogP contribution in [0.2, 0.25) is 0 Å². The lowest BCUT2D eigenvalue weighted by Crippen LogP contribution is -2.42. The van der Waals surface area contributed by atoms with Gasteiger partial charge in [-0.05, 0) is 67.1 Å². The fourth-order valence-electron chi connectivity index (χ4n) is 4.60. The highest BCUT2D eigenvalue weighted by Gasteiger charge is 2.31. The van der Waals surface area contributed by atoms with E-state index in [4.69, 9.17) is 0 Å². The van der Waals surface area contributed by atoms with Gasteiger partial charge >= 0.3 is 0 Å². The first-order chi connectivity index (χ1) is 15.2. The minimum atomic E-state index is -3.56. The number of hydrogen-bond acceptors (Lipinski definition) is 4. The van der Waals surface area contributed by atoms with Gasteiger partial charge in [0.1, 0.15) is 0 Å². The molecule has 7 nitrogen and oxygen atoms in total. The minimum Gasteiger partial charge on any atom is -0.322 e. The maximum absolute atomic E-state index is 13.0.